The van der Waals surface area contributed by atoms with Gasteiger partial charge in [-0.25, -0.2) is 9.59 Å². The zero-order valence-corrected chi connectivity index (χ0v) is 21.0. The number of ketones is 1. The number of carboxylic acids is 2. The van der Waals surface area contributed by atoms with Gasteiger partial charge in [-0.3, -0.25) is 4.79 Å². The van der Waals surface area contributed by atoms with Gasteiger partial charge >= 0.3 is 11.9 Å². The van der Waals surface area contributed by atoms with Crippen molar-refractivity contribution in [3.05, 3.63) is 143 Å². The quantitative estimate of drug-likeness (QED) is 0.244. The molecule has 0 bridgehead atoms. The number of hydrogen-bond acceptors (Lipinski definition) is 3. The van der Waals surface area contributed by atoms with E-state index in [1.54, 1.807) is 6.07 Å². The highest BCUT2D eigenvalue weighted by molar-refractivity contribution is 6.09. The zero-order valence-electron chi connectivity index (χ0n) is 21.0. The van der Waals surface area contributed by atoms with Crippen molar-refractivity contribution in [2.45, 2.75) is 13.8 Å². The van der Waals surface area contributed by atoms with Crippen molar-refractivity contribution in [2.75, 3.05) is 0 Å². The third-order valence-electron chi connectivity index (χ3n) is 6.47. The predicted molar refractivity (Wildman–Crippen MR) is 149 cm³/mol. The summed E-state index contributed by atoms with van der Waals surface area (Å²) in [6.45, 7) is 3.48. The fourth-order valence-corrected chi connectivity index (χ4v) is 4.51. The van der Waals surface area contributed by atoms with E-state index in [0.29, 0.717) is 5.56 Å². The summed E-state index contributed by atoms with van der Waals surface area (Å²) in [4.78, 5) is 34.9. The molecule has 0 aromatic heterocycles. The molecule has 5 aromatic carbocycles. The zero-order chi connectivity index (χ0) is 27.2. The molecule has 0 aliphatic heterocycles. The Balaban J connectivity index is 0.000000204. The summed E-state index contributed by atoms with van der Waals surface area (Å²) in [6, 6.07) is 33.4. The molecule has 0 heterocycles. The van der Waals surface area contributed by atoms with Gasteiger partial charge in [-0.15, -0.1) is 0 Å². The summed E-state index contributed by atoms with van der Waals surface area (Å²) in [5.74, 6) is -2.18. The smallest absolute Gasteiger partial charge is 0.336 e. The van der Waals surface area contributed by atoms with E-state index in [0.717, 1.165) is 33.0 Å². The van der Waals surface area contributed by atoms with Gasteiger partial charge in [-0.2, -0.15) is 0 Å². The van der Waals surface area contributed by atoms with Crippen LogP contribution in [0.25, 0.3) is 21.9 Å². The standard InChI is InChI=1S/C20H16O4.C13H10O/c1-11-14-6-4-3-5-13(14)7-8-15(11)17-10-9-16(19(21)22)12(2)18(17)20(23)24;14-13(11-7-3-1-4-8-11)12-9-5-2-6-10-12/h3-10H,1-2H3,(H,21,22)(H,23,24);1-10H. The number of carbonyl (C=O) groups excluding carboxylic acids is 1. The van der Waals surface area contributed by atoms with E-state index in [2.05, 4.69) is 0 Å². The fraction of sp³-hybridized carbons (Fsp3) is 0.0606. The molecule has 38 heavy (non-hydrogen) atoms. The van der Waals surface area contributed by atoms with Gasteiger partial charge in [0.05, 0.1) is 11.1 Å². The Hall–Kier alpha value is -5.03. The molecule has 5 rings (SSSR count). The van der Waals surface area contributed by atoms with Crippen molar-refractivity contribution in [1.82, 2.24) is 0 Å². The highest BCUT2D eigenvalue weighted by atomic mass is 16.4. The van der Waals surface area contributed by atoms with Crippen LogP contribution < -0.4 is 0 Å². The van der Waals surface area contributed by atoms with E-state index >= 15 is 0 Å². The summed E-state index contributed by atoms with van der Waals surface area (Å²) >= 11 is 0. The lowest BCUT2D eigenvalue weighted by Gasteiger charge is -2.15. The second-order valence-corrected chi connectivity index (χ2v) is 8.79. The molecular formula is C33H26O5. The molecule has 0 aliphatic rings. The minimum atomic E-state index is -1.13. The first-order valence-electron chi connectivity index (χ1n) is 12.0. The van der Waals surface area contributed by atoms with Gasteiger partial charge in [-0.1, -0.05) is 103 Å². The van der Waals surface area contributed by atoms with Gasteiger partial charge in [0.2, 0.25) is 0 Å². The van der Waals surface area contributed by atoms with E-state index in [1.807, 2.05) is 104 Å². The molecule has 0 radical (unpaired) electrons. The lowest BCUT2D eigenvalue weighted by atomic mass is 9.89. The molecule has 5 heteroatoms. The van der Waals surface area contributed by atoms with Crippen LogP contribution in [0.5, 0.6) is 0 Å². The Kier molecular flexibility index (Phi) is 7.78. The van der Waals surface area contributed by atoms with Crippen LogP contribution in [0.3, 0.4) is 0 Å². The lowest BCUT2D eigenvalue weighted by molar-refractivity contribution is 0.0696. The number of carboxylic acid groups (broad SMARTS) is 2. The van der Waals surface area contributed by atoms with E-state index in [9.17, 15) is 24.6 Å². The first-order chi connectivity index (χ1) is 18.3. The van der Waals surface area contributed by atoms with Crippen molar-refractivity contribution in [1.29, 1.82) is 0 Å². The van der Waals surface area contributed by atoms with Gasteiger partial charge in [0.15, 0.2) is 5.78 Å². The Morgan fingerprint density at radius 1 is 0.526 bits per heavy atom. The average molecular weight is 503 g/mol. The molecule has 2 N–H and O–H groups in total. The van der Waals surface area contributed by atoms with Crippen LogP contribution in [-0.4, -0.2) is 27.9 Å². The van der Waals surface area contributed by atoms with Gasteiger partial charge in [0.25, 0.3) is 0 Å². The molecule has 0 saturated carbocycles. The first-order valence-corrected chi connectivity index (χ1v) is 12.0. The van der Waals surface area contributed by atoms with Gasteiger partial charge in [0, 0.05) is 11.1 Å². The molecule has 0 saturated heterocycles. The van der Waals surface area contributed by atoms with Crippen molar-refractivity contribution in [3.63, 3.8) is 0 Å². The van der Waals surface area contributed by atoms with Crippen LogP contribution in [0.15, 0.2) is 109 Å². The van der Waals surface area contributed by atoms with Crippen LogP contribution in [0.1, 0.15) is 47.8 Å². The Bertz CT molecular complexity index is 1600. The van der Waals surface area contributed by atoms with Crippen LogP contribution in [0, 0.1) is 13.8 Å². The highest BCUT2D eigenvalue weighted by Gasteiger charge is 2.21. The third-order valence-corrected chi connectivity index (χ3v) is 6.47. The van der Waals surface area contributed by atoms with Crippen LogP contribution >= 0.6 is 0 Å². The Labute approximate surface area is 220 Å². The monoisotopic (exact) mass is 502 g/mol. The molecule has 0 amide bonds. The maximum atomic E-state index is 11.8. The third kappa shape index (κ3) is 5.37. The summed E-state index contributed by atoms with van der Waals surface area (Å²) in [5.41, 5.74) is 4.08. The topological polar surface area (TPSA) is 91.7 Å². The molecule has 5 aromatic rings. The summed E-state index contributed by atoms with van der Waals surface area (Å²) in [6.07, 6.45) is 0. The van der Waals surface area contributed by atoms with Crippen molar-refractivity contribution in [2.24, 2.45) is 0 Å². The minimum Gasteiger partial charge on any atom is -0.478 e. The molecule has 5 nitrogen and oxygen atoms in total. The molecule has 0 spiro atoms. The van der Waals surface area contributed by atoms with Crippen molar-refractivity contribution >= 4 is 28.5 Å². The summed E-state index contributed by atoms with van der Waals surface area (Å²) < 4.78 is 0. The largest absolute Gasteiger partial charge is 0.478 e. The van der Waals surface area contributed by atoms with E-state index in [1.165, 1.54) is 13.0 Å². The summed E-state index contributed by atoms with van der Waals surface area (Å²) in [7, 11) is 0. The molecule has 0 aliphatic carbocycles. The fourth-order valence-electron chi connectivity index (χ4n) is 4.51. The van der Waals surface area contributed by atoms with Crippen LogP contribution in [0.4, 0.5) is 0 Å². The number of aromatic carboxylic acids is 2. The summed E-state index contributed by atoms with van der Waals surface area (Å²) in [5, 5.41) is 21.0. The predicted octanol–water partition coefficient (Wildman–Crippen LogP) is 7.44. The van der Waals surface area contributed by atoms with Crippen molar-refractivity contribution < 1.29 is 24.6 Å². The van der Waals surface area contributed by atoms with E-state index < -0.39 is 11.9 Å². The van der Waals surface area contributed by atoms with Gasteiger partial charge in [-0.05, 0) is 52.9 Å². The Morgan fingerprint density at radius 3 is 1.61 bits per heavy atom. The van der Waals surface area contributed by atoms with E-state index in [-0.39, 0.29) is 22.5 Å². The van der Waals surface area contributed by atoms with Gasteiger partial charge in [0.1, 0.15) is 0 Å². The van der Waals surface area contributed by atoms with Crippen LogP contribution in [0.2, 0.25) is 0 Å². The second kappa shape index (κ2) is 11.4. The number of rotatable bonds is 5. The number of carbonyl (C=O) groups is 3. The number of aryl methyl sites for hydroxylation is 1. The minimum absolute atomic E-state index is 0.00888. The first kappa shape index (κ1) is 26.0. The maximum absolute atomic E-state index is 11.8. The van der Waals surface area contributed by atoms with Gasteiger partial charge < -0.3 is 10.2 Å². The number of benzene rings is 5. The normalized spacial score (nSPS) is 10.4. The average Bonchev–Trinajstić information content (AvgIpc) is 2.94. The SMILES string of the molecule is Cc1c(C(=O)O)ccc(-c2ccc3ccccc3c2C)c1C(=O)O.O=C(c1ccccc1)c1ccccc1. The van der Waals surface area contributed by atoms with E-state index in [4.69, 9.17) is 0 Å². The highest BCUT2D eigenvalue weighted by Crippen LogP contribution is 2.34. The number of hydrogen-bond donors (Lipinski definition) is 2. The molecular weight excluding hydrogens is 476 g/mol. The second-order valence-electron chi connectivity index (χ2n) is 8.79. The number of fused-ring (bicyclic) bond motifs is 1. The molecule has 0 unspecified atom stereocenters. The lowest BCUT2D eigenvalue weighted by Crippen LogP contribution is -2.09. The van der Waals surface area contributed by atoms with Crippen LogP contribution in [-0.2, 0) is 0 Å². The van der Waals surface area contributed by atoms with Crippen molar-refractivity contribution in [3.8, 4) is 11.1 Å². The Morgan fingerprint density at radius 2 is 1.05 bits per heavy atom. The maximum Gasteiger partial charge on any atom is 0.336 e. The molecule has 188 valence electrons. The molecule has 0 fully saturated rings. The molecule has 0 atom stereocenters.